The van der Waals surface area contributed by atoms with Crippen molar-refractivity contribution in [3.63, 3.8) is 0 Å². The summed E-state index contributed by atoms with van der Waals surface area (Å²) in [5, 5.41) is 9.38. The quantitative estimate of drug-likeness (QED) is 0.867. The molecule has 3 nitrogen and oxygen atoms in total. The van der Waals surface area contributed by atoms with Crippen molar-refractivity contribution >= 4 is 0 Å². The number of benzene rings is 1. The third-order valence-electron chi connectivity index (χ3n) is 2.97. The van der Waals surface area contributed by atoms with Crippen molar-refractivity contribution < 1.29 is 9.50 Å². The molecule has 0 aliphatic carbocycles. The number of halogens is 1. The number of aliphatic hydroxyl groups is 1. The fourth-order valence-corrected chi connectivity index (χ4v) is 1.72. The lowest BCUT2D eigenvalue weighted by Crippen LogP contribution is -2.01. The van der Waals surface area contributed by atoms with Crippen molar-refractivity contribution in [2.45, 2.75) is 26.9 Å². The molecule has 17 heavy (non-hydrogen) atoms. The average molecular weight is 234 g/mol. The van der Waals surface area contributed by atoms with Crippen molar-refractivity contribution in [2.24, 2.45) is 0 Å². The number of hydrogen-bond acceptors (Lipinski definition) is 2. The van der Waals surface area contributed by atoms with Gasteiger partial charge < -0.3 is 9.67 Å². The molecule has 1 aromatic carbocycles. The molecule has 0 amide bonds. The fourth-order valence-electron chi connectivity index (χ4n) is 1.72. The van der Waals surface area contributed by atoms with Crippen molar-refractivity contribution in [2.75, 3.05) is 0 Å². The first-order chi connectivity index (χ1) is 8.00. The monoisotopic (exact) mass is 234 g/mol. The Kier molecular flexibility index (Phi) is 2.98. The van der Waals surface area contributed by atoms with Crippen molar-refractivity contribution in [3.05, 3.63) is 47.3 Å². The van der Waals surface area contributed by atoms with Gasteiger partial charge in [0.1, 0.15) is 5.82 Å². The van der Waals surface area contributed by atoms with Crippen molar-refractivity contribution in [3.8, 4) is 5.69 Å². The summed E-state index contributed by atoms with van der Waals surface area (Å²) in [6.45, 7) is 5.39. The Morgan fingerprint density at radius 2 is 2.06 bits per heavy atom. The van der Waals surface area contributed by atoms with Crippen LogP contribution in [0.5, 0.6) is 0 Å². The number of hydrogen-bond donors (Lipinski definition) is 1. The van der Waals surface area contributed by atoms with E-state index in [-0.39, 0.29) is 5.82 Å². The van der Waals surface area contributed by atoms with Crippen LogP contribution in [0.2, 0.25) is 0 Å². The van der Waals surface area contributed by atoms with Crippen molar-refractivity contribution in [1.29, 1.82) is 0 Å². The van der Waals surface area contributed by atoms with Crippen LogP contribution in [0.25, 0.3) is 5.69 Å². The van der Waals surface area contributed by atoms with Gasteiger partial charge in [-0.05, 0) is 38.5 Å². The number of aryl methyl sites for hydroxylation is 1. The van der Waals surface area contributed by atoms with Crippen LogP contribution >= 0.6 is 0 Å². The summed E-state index contributed by atoms with van der Waals surface area (Å²) in [7, 11) is 0. The molecule has 0 fully saturated rings. The van der Waals surface area contributed by atoms with Gasteiger partial charge in [0.15, 0.2) is 0 Å². The standard InChI is InChI=1S/C13H15FN2O/c1-8-9(2)16(7-15-8)13-5-4-11(10(3)17)6-12(13)14/h4-7,10,17H,1-3H3. The fraction of sp³-hybridized carbons (Fsp3) is 0.308. The second-order valence-electron chi connectivity index (χ2n) is 4.17. The van der Waals surface area contributed by atoms with Gasteiger partial charge in [0, 0.05) is 5.69 Å². The third kappa shape index (κ3) is 2.08. The van der Waals surface area contributed by atoms with Gasteiger partial charge in [-0.3, -0.25) is 0 Å². The second kappa shape index (κ2) is 4.30. The zero-order valence-corrected chi connectivity index (χ0v) is 10.1. The molecule has 1 unspecified atom stereocenters. The lowest BCUT2D eigenvalue weighted by atomic mass is 10.1. The molecule has 0 radical (unpaired) electrons. The summed E-state index contributed by atoms with van der Waals surface area (Å²) < 4.78 is 15.6. The Morgan fingerprint density at radius 3 is 2.53 bits per heavy atom. The maximum Gasteiger partial charge on any atom is 0.147 e. The van der Waals surface area contributed by atoms with Crippen LogP contribution < -0.4 is 0 Å². The van der Waals surface area contributed by atoms with Crippen LogP contribution in [0.4, 0.5) is 4.39 Å². The highest BCUT2D eigenvalue weighted by Gasteiger charge is 2.11. The normalized spacial score (nSPS) is 12.8. The lowest BCUT2D eigenvalue weighted by molar-refractivity contribution is 0.199. The highest BCUT2D eigenvalue weighted by atomic mass is 19.1. The maximum atomic E-state index is 13.9. The van der Waals surface area contributed by atoms with E-state index in [1.807, 2.05) is 13.8 Å². The molecule has 0 spiro atoms. The molecule has 90 valence electrons. The van der Waals surface area contributed by atoms with E-state index in [9.17, 15) is 9.50 Å². The van der Waals surface area contributed by atoms with E-state index in [0.29, 0.717) is 11.3 Å². The number of aliphatic hydroxyl groups excluding tert-OH is 1. The van der Waals surface area contributed by atoms with E-state index in [1.54, 1.807) is 30.0 Å². The molecule has 1 heterocycles. The predicted octanol–water partition coefficient (Wildman–Crippen LogP) is 2.68. The second-order valence-corrected chi connectivity index (χ2v) is 4.17. The van der Waals surface area contributed by atoms with Crippen LogP contribution in [0, 0.1) is 19.7 Å². The van der Waals surface area contributed by atoms with E-state index >= 15 is 0 Å². The van der Waals surface area contributed by atoms with Gasteiger partial charge >= 0.3 is 0 Å². The van der Waals surface area contributed by atoms with E-state index < -0.39 is 6.10 Å². The molecular formula is C13H15FN2O. The van der Waals surface area contributed by atoms with Gasteiger partial charge in [-0.25, -0.2) is 9.37 Å². The molecule has 0 aliphatic heterocycles. The first kappa shape index (κ1) is 11.8. The van der Waals surface area contributed by atoms with E-state index in [0.717, 1.165) is 11.4 Å². The molecule has 0 saturated heterocycles. The largest absolute Gasteiger partial charge is 0.389 e. The Bertz CT molecular complexity index is 546. The van der Waals surface area contributed by atoms with Gasteiger partial charge in [0.25, 0.3) is 0 Å². The van der Waals surface area contributed by atoms with E-state index in [1.165, 1.54) is 6.07 Å². The summed E-state index contributed by atoms with van der Waals surface area (Å²) in [5.41, 5.74) is 2.81. The van der Waals surface area contributed by atoms with Crippen LogP contribution in [-0.4, -0.2) is 14.7 Å². The van der Waals surface area contributed by atoms with Gasteiger partial charge in [-0.2, -0.15) is 0 Å². The minimum atomic E-state index is -0.663. The molecule has 1 aromatic heterocycles. The topological polar surface area (TPSA) is 38.0 Å². The number of nitrogens with zero attached hydrogens (tertiary/aromatic N) is 2. The first-order valence-electron chi connectivity index (χ1n) is 5.49. The first-order valence-corrected chi connectivity index (χ1v) is 5.49. The molecule has 0 saturated carbocycles. The van der Waals surface area contributed by atoms with Gasteiger partial charge in [0.2, 0.25) is 0 Å². The minimum absolute atomic E-state index is 0.357. The number of rotatable bonds is 2. The summed E-state index contributed by atoms with van der Waals surface area (Å²) in [6.07, 6.45) is 0.940. The van der Waals surface area contributed by atoms with E-state index in [2.05, 4.69) is 4.98 Å². The average Bonchev–Trinajstić information content (AvgIpc) is 2.60. The van der Waals surface area contributed by atoms with Gasteiger partial charge in [0.05, 0.1) is 23.8 Å². The zero-order chi connectivity index (χ0) is 12.6. The highest BCUT2D eigenvalue weighted by Crippen LogP contribution is 2.21. The maximum absolute atomic E-state index is 13.9. The molecule has 1 N–H and O–H groups in total. The van der Waals surface area contributed by atoms with E-state index in [4.69, 9.17) is 0 Å². The Morgan fingerprint density at radius 1 is 1.35 bits per heavy atom. The molecule has 2 rings (SSSR count). The Hall–Kier alpha value is -1.68. The molecule has 2 aromatic rings. The number of aromatic nitrogens is 2. The predicted molar refractivity (Wildman–Crippen MR) is 63.6 cm³/mol. The Labute approximate surface area is 99.5 Å². The summed E-state index contributed by atoms with van der Waals surface area (Å²) >= 11 is 0. The molecule has 1 atom stereocenters. The van der Waals surface area contributed by atoms with Crippen LogP contribution in [0.1, 0.15) is 30.0 Å². The zero-order valence-electron chi connectivity index (χ0n) is 10.1. The highest BCUT2D eigenvalue weighted by molar-refractivity contribution is 5.39. The molecule has 4 heteroatoms. The minimum Gasteiger partial charge on any atom is -0.389 e. The summed E-state index contributed by atoms with van der Waals surface area (Å²) in [6, 6.07) is 4.73. The molecular weight excluding hydrogens is 219 g/mol. The van der Waals surface area contributed by atoms with Gasteiger partial charge in [-0.15, -0.1) is 0 Å². The van der Waals surface area contributed by atoms with Gasteiger partial charge in [-0.1, -0.05) is 6.07 Å². The number of imidazole rings is 1. The Balaban J connectivity index is 2.50. The summed E-state index contributed by atoms with van der Waals surface area (Å²) in [4.78, 5) is 4.14. The van der Waals surface area contributed by atoms with Crippen LogP contribution in [-0.2, 0) is 0 Å². The smallest absolute Gasteiger partial charge is 0.147 e. The van der Waals surface area contributed by atoms with Crippen LogP contribution in [0.15, 0.2) is 24.5 Å². The summed E-state index contributed by atoms with van der Waals surface area (Å²) in [5.74, 6) is -0.357. The lowest BCUT2D eigenvalue weighted by Gasteiger charge is -2.10. The SMILES string of the molecule is Cc1ncn(-c2ccc(C(C)O)cc2F)c1C. The molecule has 0 bridgehead atoms. The van der Waals surface area contributed by atoms with Crippen molar-refractivity contribution in [1.82, 2.24) is 9.55 Å². The van der Waals surface area contributed by atoms with Crippen LogP contribution in [0.3, 0.4) is 0 Å². The third-order valence-corrected chi connectivity index (χ3v) is 2.97. The molecule has 0 aliphatic rings.